The van der Waals surface area contributed by atoms with Crippen molar-refractivity contribution in [3.8, 4) is 5.75 Å². The summed E-state index contributed by atoms with van der Waals surface area (Å²) in [6.45, 7) is 0. The van der Waals surface area contributed by atoms with E-state index in [-0.39, 0.29) is 6.10 Å². The summed E-state index contributed by atoms with van der Waals surface area (Å²) in [5.41, 5.74) is 1.21. The van der Waals surface area contributed by atoms with Gasteiger partial charge in [0.25, 0.3) is 0 Å². The van der Waals surface area contributed by atoms with E-state index in [2.05, 4.69) is 37.9 Å². The minimum absolute atomic E-state index is 0.199. The maximum atomic E-state index is 12.8. The van der Waals surface area contributed by atoms with Crippen LogP contribution < -0.4 is 4.74 Å². The van der Waals surface area contributed by atoms with Crippen molar-refractivity contribution in [3.63, 3.8) is 0 Å². The highest BCUT2D eigenvalue weighted by Crippen LogP contribution is 2.37. The van der Waals surface area contributed by atoms with Gasteiger partial charge < -0.3 is 9.64 Å². The summed E-state index contributed by atoms with van der Waals surface area (Å²) in [4.78, 5) is 19.0. The Morgan fingerprint density at radius 1 is 1.08 bits per heavy atom. The lowest BCUT2D eigenvalue weighted by Crippen LogP contribution is -2.49. The Bertz CT molecular complexity index is 736. The summed E-state index contributed by atoms with van der Waals surface area (Å²) in [6.07, 6.45) is 9.17. The fourth-order valence-corrected chi connectivity index (χ4v) is 4.54. The van der Waals surface area contributed by atoms with Crippen LogP contribution in [0.4, 0.5) is 0 Å². The molecule has 1 amide bonds. The van der Waals surface area contributed by atoms with E-state index in [1.807, 2.05) is 24.3 Å². The van der Waals surface area contributed by atoms with E-state index in [0.29, 0.717) is 24.4 Å². The van der Waals surface area contributed by atoms with Crippen LogP contribution in [0.5, 0.6) is 5.75 Å². The maximum Gasteiger partial charge on any atom is 0.223 e. The van der Waals surface area contributed by atoms with Gasteiger partial charge in [-0.05, 0) is 49.1 Å². The number of piperidine rings is 1. The number of rotatable bonds is 5. The first-order valence-corrected chi connectivity index (χ1v) is 10.1. The van der Waals surface area contributed by atoms with Gasteiger partial charge in [0.1, 0.15) is 11.9 Å². The molecule has 26 heavy (non-hydrogen) atoms. The lowest BCUT2D eigenvalue weighted by molar-refractivity contribution is -0.137. The summed E-state index contributed by atoms with van der Waals surface area (Å²) in [7, 11) is 0. The molecule has 2 unspecified atom stereocenters. The smallest absolute Gasteiger partial charge is 0.223 e. The van der Waals surface area contributed by atoms with Crippen molar-refractivity contribution >= 4 is 21.8 Å². The van der Waals surface area contributed by atoms with E-state index in [4.69, 9.17) is 4.74 Å². The van der Waals surface area contributed by atoms with Crippen molar-refractivity contribution in [1.29, 1.82) is 0 Å². The average Bonchev–Trinajstić information content (AvgIpc) is 2.93. The molecule has 0 radical (unpaired) electrons. The lowest BCUT2D eigenvalue weighted by Gasteiger charge is -2.39. The molecular formula is C21H23BrN2O2. The highest BCUT2D eigenvalue weighted by molar-refractivity contribution is 9.10. The number of fused-ring (bicyclic) bond motifs is 2. The second-order valence-electron chi connectivity index (χ2n) is 7.21. The summed E-state index contributed by atoms with van der Waals surface area (Å²) in [5, 5.41) is 0. The molecular weight excluding hydrogens is 392 g/mol. The van der Waals surface area contributed by atoms with Gasteiger partial charge in [0.05, 0.1) is 0 Å². The molecule has 2 aromatic rings. The predicted octanol–water partition coefficient (Wildman–Crippen LogP) is 4.38. The summed E-state index contributed by atoms with van der Waals surface area (Å²) >= 11 is 3.45. The quantitative estimate of drug-likeness (QED) is 0.728. The van der Waals surface area contributed by atoms with Crippen molar-refractivity contribution in [2.24, 2.45) is 0 Å². The highest BCUT2D eigenvalue weighted by Gasteiger charge is 2.43. The van der Waals surface area contributed by atoms with Crippen LogP contribution in [0.15, 0.2) is 53.3 Å². The second-order valence-corrected chi connectivity index (χ2v) is 8.12. The van der Waals surface area contributed by atoms with Gasteiger partial charge in [-0.25, -0.2) is 0 Å². The number of carbonyl (C=O) groups is 1. The number of benzene rings is 1. The Morgan fingerprint density at radius 2 is 1.73 bits per heavy atom. The Kier molecular flexibility index (Phi) is 5.25. The number of aromatic nitrogens is 1. The molecule has 1 aromatic heterocycles. The number of amides is 1. The van der Waals surface area contributed by atoms with Crippen molar-refractivity contribution in [3.05, 3.63) is 58.8 Å². The molecule has 0 saturated carbocycles. The number of halogens is 1. The molecule has 4 rings (SSSR count). The van der Waals surface area contributed by atoms with Gasteiger partial charge in [-0.1, -0.05) is 28.1 Å². The topological polar surface area (TPSA) is 42.4 Å². The predicted molar refractivity (Wildman–Crippen MR) is 104 cm³/mol. The van der Waals surface area contributed by atoms with Crippen molar-refractivity contribution in [1.82, 2.24) is 9.88 Å². The van der Waals surface area contributed by atoms with Crippen LogP contribution in [-0.2, 0) is 11.2 Å². The number of carbonyl (C=O) groups excluding carboxylic acids is 1. The number of hydrogen-bond donors (Lipinski definition) is 0. The fourth-order valence-electron chi connectivity index (χ4n) is 4.27. The first-order valence-electron chi connectivity index (χ1n) is 9.31. The molecule has 2 aliphatic heterocycles. The highest BCUT2D eigenvalue weighted by atomic mass is 79.9. The molecule has 5 heteroatoms. The average molecular weight is 415 g/mol. The number of pyridine rings is 1. The van der Waals surface area contributed by atoms with E-state index in [1.165, 1.54) is 5.56 Å². The molecule has 2 aliphatic rings. The van der Waals surface area contributed by atoms with E-state index >= 15 is 0 Å². The first-order chi connectivity index (χ1) is 12.7. The zero-order chi connectivity index (χ0) is 17.9. The van der Waals surface area contributed by atoms with Crippen LogP contribution in [0.25, 0.3) is 0 Å². The van der Waals surface area contributed by atoms with E-state index < -0.39 is 0 Å². The van der Waals surface area contributed by atoms with Gasteiger partial charge in [0, 0.05) is 48.2 Å². The monoisotopic (exact) mass is 414 g/mol. The number of nitrogens with zero attached hydrogens (tertiary/aromatic N) is 2. The van der Waals surface area contributed by atoms with Crippen molar-refractivity contribution < 1.29 is 9.53 Å². The third-order valence-electron chi connectivity index (χ3n) is 5.47. The van der Waals surface area contributed by atoms with Gasteiger partial charge in [-0.2, -0.15) is 0 Å². The van der Waals surface area contributed by atoms with Crippen molar-refractivity contribution in [2.45, 2.75) is 56.7 Å². The molecule has 136 valence electrons. The minimum atomic E-state index is 0.199. The maximum absolute atomic E-state index is 12.8. The molecule has 0 spiro atoms. The summed E-state index contributed by atoms with van der Waals surface area (Å²) in [5.74, 6) is 1.17. The third-order valence-corrected chi connectivity index (χ3v) is 6.00. The summed E-state index contributed by atoms with van der Waals surface area (Å²) in [6, 6.07) is 12.7. The van der Waals surface area contributed by atoms with Crippen LogP contribution in [0, 0.1) is 0 Å². The standard InChI is InChI=1S/C21H23BrN2O2/c22-16-4-1-15(2-5-16)3-8-21(25)24-17-6-7-18(24)14-20(13-17)26-19-9-11-23-12-10-19/h1-2,4-5,9-12,17-18,20H,3,6-8,13-14H2. The third kappa shape index (κ3) is 3.93. The largest absolute Gasteiger partial charge is 0.490 e. The molecule has 0 aliphatic carbocycles. The van der Waals surface area contributed by atoms with Gasteiger partial charge in [0.15, 0.2) is 0 Å². The van der Waals surface area contributed by atoms with Gasteiger partial charge >= 0.3 is 0 Å². The second kappa shape index (κ2) is 7.78. The SMILES string of the molecule is O=C(CCc1ccc(Br)cc1)N1C2CCC1CC(Oc1ccncc1)C2. The molecule has 3 heterocycles. The molecule has 4 nitrogen and oxygen atoms in total. The van der Waals surface area contributed by atoms with Crippen LogP contribution in [-0.4, -0.2) is 34.0 Å². The Balaban J connectivity index is 1.34. The number of hydrogen-bond acceptors (Lipinski definition) is 3. The zero-order valence-electron chi connectivity index (χ0n) is 14.7. The first kappa shape index (κ1) is 17.5. The van der Waals surface area contributed by atoms with Gasteiger partial charge in [-0.15, -0.1) is 0 Å². The molecule has 2 atom stereocenters. The van der Waals surface area contributed by atoms with Gasteiger partial charge in [-0.3, -0.25) is 9.78 Å². The van der Waals surface area contributed by atoms with E-state index in [9.17, 15) is 4.79 Å². The minimum Gasteiger partial charge on any atom is -0.490 e. The van der Waals surface area contributed by atoms with Crippen LogP contribution in [0.3, 0.4) is 0 Å². The molecule has 1 aromatic carbocycles. The zero-order valence-corrected chi connectivity index (χ0v) is 16.3. The Labute approximate surface area is 162 Å². The molecule has 0 N–H and O–H groups in total. The Morgan fingerprint density at radius 3 is 2.38 bits per heavy atom. The van der Waals surface area contributed by atoms with Gasteiger partial charge in [0.2, 0.25) is 5.91 Å². The summed E-state index contributed by atoms with van der Waals surface area (Å²) < 4.78 is 7.19. The van der Waals surface area contributed by atoms with Crippen molar-refractivity contribution in [2.75, 3.05) is 0 Å². The normalized spacial score (nSPS) is 24.5. The van der Waals surface area contributed by atoms with Crippen LogP contribution in [0.2, 0.25) is 0 Å². The van der Waals surface area contributed by atoms with E-state index in [0.717, 1.165) is 42.3 Å². The molecule has 2 fully saturated rings. The number of ether oxygens (including phenoxy) is 1. The lowest BCUT2D eigenvalue weighted by atomic mass is 9.98. The van der Waals surface area contributed by atoms with Crippen LogP contribution in [0.1, 0.15) is 37.7 Å². The fraction of sp³-hybridized carbons (Fsp3) is 0.429. The van der Waals surface area contributed by atoms with E-state index in [1.54, 1.807) is 12.4 Å². The Hall–Kier alpha value is -1.88. The molecule has 2 bridgehead atoms. The number of aryl methyl sites for hydroxylation is 1. The van der Waals surface area contributed by atoms with Crippen LogP contribution >= 0.6 is 15.9 Å². The molecule has 2 saturated heterocycles.